The van der Waals surface area contributed by atoms with E-state index in [-0.39, 0.29) is 0 Å². The van der Waals surface area contributed by atoms with E-state index in [1.54, 1.807) is 0 Å². The SMILES string of the molecule is C=C/C(C)=C\C(C)=C(/C)[B]c1c(C)cc(C)cc1C. The van der Waals surface area contributed by atoms with Crippen LogP contribution in [0.25, 0.3) is 0 Å². The van der Waals surface area contributed by atoms with E-state index in [9.17, 15) is 0 Å². The lowest BCUT2D eigenvalue weighted by Crippen LogP contribution is -2.23. The first-order valence-corrected chi connectivity index (χ1v) is 6.76. The second-order valence-electron chi connectivity index (χ2n) is 5.42. The molecule has 0 aliphatic heterocycles. The van der Waals surface area contributed by atoms with Crippen molar-refractivity contribution in [1.82, 2.24) is 0 Å². The van der Waals surface area contributed by atoms with Crippen LogP contribution in [0.2, 0.25) is 0 Å². The normalized spacial score (nSPS) is 13.1. The summed E-state index contributed by atoms with van der Waals surface area (Å²) in [5, 5.41) is 0. The van der Waals surface area contributed by atoms with Gasteiger partial charge in [-0.15, -0.1) is 5.47 Å². The maximum absolute atomic E-state index is 3.79. The summed E-state index contributed by atoms with van der Waals surface area (Å²) in [6, 6.07) is 4.48. The zero-order valence-electron chi connectivity index (χ0n) is 13.1. The Morgan fingerprint density at radius 3 is 2.05 bits per heavy atom. The van der Waals surface area contributed by atoms with Gasteiger partial charge in [0.1, 0.15) is 0 Å². The summed E-state index contributed by atoms with van der Waals surface area (Å²) in [6.45, 7) is 16.7. The van der Waals surface area contributed by atoms with E-state index in [4.69, 9.17) is 0 Å². The number of benzene rings is 1. The summed E-state index contributed by atoms with van der Waals surface area (Å²) >= 11 is 0. The molecule has 1 aromatic rings. The molecule has 0 heterocycles. The third-order valence-electron chi connectivity index (χ3n) is 3.49. The van der Waals surface area contributed by atoms with Crippen molar-refractivity contribution in [3.05, 3.63) is 64.2 Å². The molecular weight excluding hydrogens is 227 g/mol. The minimum absolute atomic E-state index is 1.20. The van der Waals surface area contributed by atoms with Crippen molar-refractivity contribution in [2.24, 2.45) is 0 Å². The molecule has 0 spiro atoms. The molecule has 1 aromatic carbocycles. The Labute approximate surface area is 119 Å². The largest absolute Gasteiger partial charge is 0.186 e. The van der Waals surface area contributed by atoms with Crippen LogP contribution in [-0.4, -0.2) is 7.28 Å². The molecule has 0 N–H and O–H groups in total. The van der Waals surface area contributed by atoms with Crippen molar-refractivity contribution in [3.8, 4) is 0 Å². The Hall–Kier alpha value is -1.50. The molecule has 0 nitrogen and oxygen atoms in total. The highest BCUT2D eigenvalue weighted by Gasteiger charge is 2.07. The fraction of sp³-hybridized carbons (Fsp3) is 0.333. The minimum Gasteiger partial charge on any atom is -0.103 e. The van der Waals surface area contributed by atoms with Gasteiger partial charge in [0, 0.05) is 0 Å². The molecule has 0 unspecified atom stereocenters. The maximum Gasteiger partial charge on any atom is 0.186 e. The molecule has 0 saturated carbocycles. The summed E-state index contributed by atoms with van der Waals surface area (Å²) in [5.41, 5.74) is 9.14. The molecule has 0 atom stereocenters. The van der Waals surface area contributed by atoms with Crippen LogP contribution in [0.3, 0.4) is 0 Å². The Kier molecular flexibility index (Phi) is 5.41. The second-order valence-corrected chi connectivity index (χ2v) is 5.42. The number of aryl methyl sites for hydroxylation is 3. The molecular formula is C18H24B. The second kappa shape index (κ2) is 6.61. The van der Waals surface area contributed by atoms with Crippen LogP contribution in [0, 0.1) is 20.8 Å². The van der Waals surface area contributed by atoms with E-state index < -0.39 is 0 Å². The highest BCUT2D eigenvalue weighted by atomic mass is 14.0. The molecule has 99 valence electrons. The van der Waals surface area contributed by atoms with Gasteiger partial charge in [0.2, 0.25) is 0 Å². The van der Waals surface area contributed by atoms with E-state index in [1.807, 2.05) is 6.08 Å². The summed E-state index contributed by atoms with van der Waals surface area (Å²) in [7, 11) is 2.28. The molecule has 0 aromatic heterocycles. The van der Waals surface area contributed by atoms with Crippen molar-refractivity contribution >= 4 is 12.7 Å². The van der Waals surface area contributed by atoms with Crippen LogP contribution in [0.15, 0.2) is 47.5 Å². The first kappa shape index (κ1) is 15.6. The van der Waals surface area contributed by atoms with Crippen LogP contribution in [0.4, 0.5) is 0 Å². The van der Waals surface area contributed by atoms with Crippen molar-refractivity contribution < 1.29 is 0 Å². The molecule has 0 fully saturated rings. The summed E-state index contributed by atoms with van der Waals surface area (Å²) in [4.78, 5) is 0. The fourth-order valence-corrected chi connectivity index (χ4v) is 2.26. The molecule has 1 rings (SSSR count). The average Bonchev–Trinajstić information content (AvgIpc) is 2.32. The third kappa shape index (κ3) is 4.27. The number of hydrogen-bond acceptors (Lipinski definition) is 0. The van der Waals surface area contributed by atoms with E-state index >= 15 is 0 Å². The maximum atomic E-state index is 3.79. The molecule has 0 aliphatic rings. The Morgan fingerprint density at radius 1 is 1.05 bits per heavy atom. The first-order chi connectivity index (χ1) is 8.85. The van der Waals surface area contributed by atoms with Gasteiger partial charge in [-0.25, -0.2) is 0 Å². The Bertz CT molecular complexity index is 522. The first-order valence-electron chi connectivity index (χ1n) is 6.76. The lowest BCUT2D eigenvalue weighted by molar-refractivity contribution is 1.35. The van der Waals surface area contributed by atoms with Crippen LogP contribution >= 0.6 is 0 Å². The van der Waals surface area contributed by atoms with Crippen molar-refractivity contribution in [3.63, 3.8) is 0 Å². The molecule has 0 aliphatic carbocycles. The van der Waals surface area contributed by atoms with Gasteiger partial charge in [0.15, 0.2) is 7.28 Å². The quantitative estimate of drug-likeness (QED) is 0.550. The number of rotatable bonds is 4. The molecule has 1 heteroatoms. The topological polar surface area (TPSA) is 0 Å². The van der Waals surface area contributed by atoms with Gasteiger partial charge in [-0.1, -0.05) is 71.1 Å². The zero-order chi connectivity index (χ0) is 14.6. The molecule has 0 saturated heterocycles. The van der Waals surface area contributed by atoms with E-state index in [0.717, 1.165) is 0 Å². The van der Waals surface area contributed by atoms with Gasteiger partial charge < -0.3 is 0 Å². The van der Waals surface area contributed by atoms with Crippen LogP contribution in [0.5, 0.6) is 0 Å². The summed E-state index contributed by atoms with van der Waals surface area (Å²) in [6.07, 6.45) is 4.07. The van der Waals surface area contributed by atoms with Gasteiger partial charge in [-0.05, 0) is 34.6 Å². The fourth-order valence-electron chi connectivity index (χ4n) is 2.26. The van der Waals surface area contributed by atoms with Crippen molar-refractivity contribution in [2.75, 3.05) is 0 Å². The lowest BCUT2D eigenvalue weighted by atomic mass is 9.59. The number of hydrogen-bond donors (Lipinski definition) is 0. The summed E-state index contributed by atoms with van der Waals surface area (Å²) < 4.78 is 0. The van der Waals surface area contributed by atoms with E-state index in [0.29, 0.717) is 0 Å². The average molecular weight is 251 g/mol. The van der Waals surface area contributed by atoms with Crippen LogP contribution in [0.1, 0.15) is 37.5 Å². The lowest BCUT2D eigenvalue weighted by Gasteiger charge is -2.12. The Balaban J connectivity index is 3.09. The van der Waals surface area contributed by atoms with Crippen LogP contribution in [-0.2, 0) is 0 Å². The zero-order valence-corrected chi connectivity index (χ0v) is 13.1. The highest BCUT2D eigenvalue weighted by Crippen LogP contribution is 2.11. The highest BCUT2D eigenvalue weighted by molar-refractivity contribution is 6.62. The van der Waals surface area contributed by atoms with Crippen molar-refractivity contribution in [2.45, 2.75) is 41.5 Å². The predicted octanol–water partition coefficient (Wildman–Crippen LogP) is 4.37. The van der Waals surface area contributed by atoms with Gasteiger partial charge in [-0.2, -0.15) is 0 Å². The van der Waals surface area contributed by atoms with Crippen LogP contribution < -0.4 is 5.46 Å². The monoisotopic (exact) mass is 251 g/mol. The van der Waals surface area contributed by atoms with Gasteiger partial charge in [-0.3, -0.25) is 0 Å². The van der Waals surface area contributed by atoms with E-state index in [1.165, 1.54) is 38.8 Å². The van der Waals surface area contributed by atoms with Gasteiger partial charge in [0.05, 0.1) is 0 Å². The summed E-state index contributed by atoms with van der Waals surface area (Å²) in [5.74, 6) is 0. The van der Waals surface area contributed by atoms with Gasteiger partial charge in [0.25, 0.3) is 0 Å². The Morgan fingerprint density at radius 2 is 1.58 bits per heavy atom. The van der Waals surface area contributed by atoms with Crippen molar-refractivity contribution in [1.29, 1.82) is 0 Å². The predicted molar refractivity (Wildman–Crippen MR) is 88.4 cm³/mol. The molecule has 19 heavy (non-hydrogen) atoms. The number of allylic oxidation sites excluding steroid dienone is 5. The molecule has 0 amide bonds. The standard InChI is InChI=1S/C18H24B/c1-8-12(2)9-14(4)17(7)19-18-15(5)10-13(3)11-16(18)6/h8-11H,1H2,2-7H3/b12-9-,17-14+. The smallest absolute Gasteiger partial charge is 0.103 e. The van der Waals surface area contributed by atoms with Gasteiger partial charge >= 0.3 is 0 Å². The molecule has 1 radical (unpaired) electrons. The van der Waals surface area contributed by atoms with E-state index in [2.05, 4.69) is 73.6 Å². The minimum atomic E-state index is 1.20. The third-order valence-corrected chi connectivity index (χ3v) is 3.49. The molecule has 0 bridgehead atoms.